The zero-order chi connectivity index (χ0) is 50.7. The van der Waals surface area contributed by atoms with Crippen LogP contribution in [-0.4, -0.2) is 47.4 Å². The van der Waals surface area contributed by atoms with Crippen LogP contribution in [0.15, 0.2) is 36.5 Å². The Morgan fingerprint density at radius 1 is 0.400 bits per heavy atom. The number of hydrogen-bond donors (Lipinski definition) is 3. The second-order valence-electron chi connectivity index (χ2n) is 21.4. The Labute approximate surface area is 436 Å². The van der Waals surface area contributed by atoms with Gasteiger partial charge in [-0.3, -0.25) is 9.59 Å². The van der Waals surface area contributed by atoms with Crippen LogP contribution in [0.1, 0.15) is 335 Å². The number of esters is 1. The van der Waals surface area contributed by atoms with Gasteiger partial charge in [0.2, 0.25) is 5.91 Å². The van der Waals surface area contributed by atoms with E-state index in [4.69, 9.17) is 4.74 Å². The van der Waals surface area contributed by atoms with Gasteiger partial charge in [-0.25, -0.2) is 0 Å². The van der Waals surface area contributed by atoms with Crippen molar-refractivity contribution in [1.29, 1.82) is 0 Å². The normalized spacial score (nSPS) is 12.8. The first-order valence-corrected chi connectivity index (χ1v) is 31.2. The van der Waals surface area contributed by atoms with E-state index in [1.807, 2.05) is 0 Å². The predicted octanol–water partition coefficient (Wildman–Crippen LogP) is 19.6. The minimum Gasteiger partial charge on any atom is -0.466 e. The van der Waals surface area contributed by atoms with Crippen molar-refractivity contribution < 1.29 is 24.5 Å². The Kier molecular flexibility index (Phi) is 58.0. The molecule has 0 fully saturated rings. The van der Waals surface area contributed by atoms with Crippen molar-refractivity contribution in [2.45, 2.75) is 347 Å². The third-order valence-corrected chi connectivity index (χ3v) is 14.4. The van der Waals surface area contributed by atoms with Crippen molar-refractivity contribution in [2.75, 3.05) is 13.2 Å². The van der Waals surface area contributed by atoms with Crippen LogP contribution >= 0.6 is 0 Å². The fourth-order valence-corrected chi connectivity index (χ4v) is 9.61. The van der Waals surface area contributed by atoms with Gasteiger partial charge in [-0.2, -0.15) is 0 Å². The molecular formula is C64H121NO5. The van der Waals surface area contributed by atoms with E-state index >= 15 is 0 Å². The predicted molar refractivity (Wildman–Crippen MR) is 306 cm³/mol. The number of ether oxygens (including phenoxy) is 1. The summed E-state index contributed by atoms with van der Waals surface area (Å²) >= 11 is 0. The number of amides is 1. The molecule has 1 amide bonds. The second kappa shape index (κ2) is 59.6. The Bertz CT molecular complexity index is 1130. The van der Waals surface area contributed by atoms with Crippen molar-refractivity contribution >= 4 is 11.9 Å². The number of allylic oxidation sites excluding steroid dienone is 6. The molecule has 0 aromatic heterocycles. The first-order valence-electron chi connectivity index (χ1n) is 31.2. The lowest BCUT2D eigenvalue weighted by atomic mass is 10.0. The third kappa shape index (κ3) is 55.4. The van der Waals surface area contributed by atoms with Crippen molar-refractivity contribution in [3.05, 3.63) is 36.5 Å². The van der Waals surface area contributed by atoms with Gasteiger partial charge in [0.25, 0.3) is 0 Å². The minimum absolute atomic E-state index is 0.0155. The number of aliphatic hydroxyl groups excluding tert-OH is 2. The Balaban J connectivity index is 3.48. The van der Waals surface area contributed by atoms with E-state index in [9.17, 15) is 19.8 Å². The summed E-state index contributed by atoms with van der Waals surface area (Å²) in [7, 11) is 0. The number of unbranched alkanes of at least 4 members (excludes halogenated alkanes) is 41. The summed E-state index contributed by atoms with van der Waals surface area (Å²) in [4.78, 5) is 24.6. The van der Waals surface area contributed by atoms with Crippen molar-refractivity contribution in [1.82, 2.24) is 5.32 Å². The fourth-order valence-electron chi connectivity index (χ4n) is 9.61. The van der Waals surface area contributed by atoms with Crippen LogP contribution in [0, 0.1) is 0 Å². The molecule has 0 aromatic carbocycles. The first kappa shape index (κ1) is 68.1. The van der Waals surface area contributed by atoms with Gasteiger partial charge < -0.3 is 20.3 Å². The van der Waals surface area contributed by atoms with Gasteiger partial charge in [0.05, 0.1) is 25.4 Å². The minimum atomic E-state index is -0.676. The smallest absolute Gasteiger partial charge is 0.305 e. The Hall–Kier alpha value is -1.92. The molecule has 0 spiro atoms. The highest BCUT2D eigenvalue weighted by atomic mass is 16.5. The number of carbonyl (C=O) groups excluding carboxylic acids is 2. The first-order chi connectivity index (χ1) is 34.5. The van der Waals surface area contributed by atoms with Crippen LogP contribution in [0.2, 0.25) is 0 Å². The number of aliphatic hydroxyl groups is 2. The highest BCUT2D eigenvalue weighted by Crippen LogP contribution is 2.17. The lowest BCUT2D eigenvalue weighted by Gasteiger charge is -2.22. The molecule has 70 heavy (non-hydrogen) atoms. The van der Waals surface area contributed by atoms with Gasteiger partial charge in [0, 0.05) is 12.8 Å². The number of nitrogens with one attached hydrogen (secondary N) is 1. The molecule has 6 nitrogen and oxygen atoms in total. The van der Waals surface area contributed by atoms with E-state index in [0.717, 1.165) is 83.5 Å². The average Bonchev–Trinajstić information content (AvgIpc) is 3.36. The standard InChI is InChI=1S/C64H121NO5/c1-3-5-7-9-11-13-15-17-19-21-22-26-30-34-38-42-46-50-54-58-64(69)70-59-55-51-47-43-39-35-31-27-23-25-29-33-37-41-45-49-53-57-63(68)65-61(60-66)62(67)56-52-48-44-40-36-32-28-24-20-18-16-14-12-10-8-6-4-2/h17,19,23,27,35,39,61-62,66-67H,3-16,18,20-22,24-26,28-34,36-38,40-60H2,1-2H3,(H,65,68)/b19-17-,27-23-,39-35-. The third-order valence-electron chi connectivity index (χ3n) is 14.4. The van der Waals surface area contributed by atoms with Crippen LogP contribution in [0.25, 0.3) is 0 Å². The molecule has 412 valence electrons. The van der Waals surface area contributed by atoms with Gasteiger partial charge in [-0.1, -0.05) is 269 Å². The summed E-state index contributed by atoms with van der Waals surface area (Å²) < 4.78 is 5.47. The molecule has 0 heterocycles. The zero-order valence-electron chi connectivity index (χ0n) is 47.0. The second-order valence-corrected chi connectivity index (χ2v) is 21.4. The van der Waals surface area contributed by atoms with Crippen LogP contribution in [-0.2, 0) is 14.3 Å². The lowest BCUT2D eigenvalue weighted by Crippen LogP contribution is -2.45. The van der Waals surface area contributed by atoms with E-state index in [1.54, 1.807) is 0 Å². The summed E-state index contributed by atoms with van der Waals surface area (Å²) in [6.45, 7) is 4.92. The van der Waals surface area contributed by atoms with Gasteiger partial charge in [0.15, 0.2) is 0 Å². The Morgan fingerprint density at radius 3 is 1.10 bits per heavy atom. The molecule has 0 aromatic rings. The van der Waals surface area contributed by atoms with E-state index < -0.39 is 12.1 Å². The molecule has 0 aliphatic carbocycles. The highest BCUT2D eigenvalue weighted by molar-refractivity contribution is 5.76. The van der Waals surface area contributed by atoms with E-state index in [-0.39, 0.29) is 18.5 Å². The molecule has 6 heteroatoms. The monoisotopic (exact) mass is 984 g/mol. The van der Waals surface area contributed by atoms with Crippen molar-refractivity contribution in [2.24, 2.45) is 0 Å². The fraction of sp³-hybridized carbons (Fsp3) is 0.875. The average molecular weight is 985 g/mol. The van der Waals surface area contributed by atoms with Gasteiger partial charge >= 0.3 is 5.97 Å². The molecule has 0 bridgehead atoms. The topological polar surface area (TPSA) is 95.9 Å². The number of carbonyl (C=O) groups is 2. The van der Waals surface area contributed by atoms with Crippen molar-refractivity contribution in [3.8, 4) is 0 Å². The molecule has 3 N–H and O–H groups in total. The van der Waals surface area contributed by atoms with Gasteiger partial charge in [-0.15, -0.1) is 0 Å². The van der Waals surface area contributed by atoms with Crippen LogP contribution in [0.3, 0.4) is 0 Å². The SMILES string of the molecule is CCCCCCCC/C=C\CCCCCCCCCCCC(=O)OCCCCC/C=C\C/C=C\CCCCCCCCCC(=O)NC(CO)C(O)CCCCCCCCCCCCCCCCCCC. The maximum Gasteiger partial charge on any atom is 0.305 e. The summed E-state index contributed by atoms with van der Waals surface area (Å²) in [5.41, 5.74) is 0. The van der Waals surface area contributed by atoms with Crippen molar-refractivity contribution in [3.63, 3.8) is 0 Å². The lowest BCUT2D eigenvalue weighted by molar-refractivity contribution is -0.143. The summed E-state index contributed by atoms with van der Waals surface area (Å²) in [6.07, 6.45) is 74.3. The number of rotatable bonds is 58. The summed E-state index contributed by atoms with van der Waals surface area (Å²) in [5, 5.41) is 23.3. The molecular weight excluding hydrogens is 863 g/mol. The van der Waals surface area contributed by atoms with Crippen LogP contribution in [0.4, 0.5) is 0 Å². The molecule has 0 aliphatic heterocycles. The zero-order valence-corrected chi connectivity index (χ0v) is 47.0. The van der Waals surface area contributed by atoms with Gasteiger partial charge in [0.1, 0.15) is 0 Å². The van der Waals surface area contributed by atoms with Crippen LogP contribution < -0.4 is 5.32 Å². The van der Waals surface area contributed by atoms with E-state index in [1.165, 1.54) is 218 Å². The molecule has 0 saturated heterocycles. The maximum absolute atomic E-state index is 12.5. The molecule has 2 atom stereocenters. The summed E-state index contributed by atoms with van der Waals surface area (Å²) in [5.74, 6) is -0.0649. The maximum atomic E-state index is 12.5. The van der Waals surface area contributed by atoms with Gasteiger partial charge in [-0.05, 0) is 89.9 Å². The molecule has 2 unspecified atom stereocenters. The van der Waals surface area contributed by atoms with E-state index in [0.29, 0.717) is 25.9 Å². The largest absolute Gasteiger partial charge is 0.466 e. The summed E-state index contributed by atoms with van der Waals surface area (Å²) in [6, 6.07) is -0.554. The van der Waals surface area contributed by atoms with Crippen LogP contribution in [0.5, 0.6) is 0 Å². The quantitative estimate of drug-likeness (QED) is 0.0321. The molecule has 0 radical (unpaired) electrons. The van der Waals surface area contributed by atoms with E-state index in [2.05, 4.69) is 55.6 Å². The Morgan fingerprint density at radius 2 is 0.714 bits per heavy atom. The molecule has 0 saturated carbocycles. The highest BCUT2D eigenvalue weighted by Gasteiger charge is 2.20. The molecule has 0 aliphatic rings. The number of hydrogen-bond acceptors (Lipinski definition) is 5. The molecule has 0 rings (SSSR count).